The van der Waals surface area contributed by atoms with E-state index in [4.69, 9.17) is 9.52 Å². The van der Waals surface area contributed by atoms with E-state index in [2.05, 4.69) is 5.32 Å². The van der Waals surface area contributed by atoms with Gasteiger partial charge in [0.05, 0.1) is 11.3 Å². The van der Waals surface area contributed by atoms with Crippen LogP contribution in [0.1, 0.15) is 34.4 Å². The van der Waals surface area contributed by atoms with Gasteiger partial charge in [-0.3, -0.25) is 4.79 Å². The molecule has 0 aliphatic carbocycles. The lowest BCUT2D eigenvalue weighted by atomic mass is 10.1. The van der Waals surface area contributed by atoms with E-state index in [-0.39, 0.29) is 5.56 Å². The first-order valence-corrected chi connectivity index (χ1v) is 6.92. The van der Waals surface area contributed by atoms with Gasteiger partial charge in [-0.15, -0.1) is 0 Å². The summed E-state index contributed by atoms with van der Waals surface area (Å²) in [5.41, 5.74) is 1.05. The van der Waals surface area contributed by atoms with Crippen molar-refractivity contribution < 1.29 is 19.1 Å². The van der Waals surface area contributed by atoms with Gasteiger partial charge in [0.25, 0.3) is 0 Å². The van der Waals surface area contributed by atoms with Crippen LogP contribution in [-0.2, 0) is 11.2 Å². The molecule has 0 unspecified atom stereocenters. The number of carboxylic acid groups (broad SMARTS) is 1. The topological polar surface area (TPSA) is 79.5 Å². The number of carbonyl (C=O) groups excluding carboxylic acids is 1. The Bertz CT molecular complexity index is 728. The smallest absolute Gasteiger partial charge is 0.337 e. The number of hydrogen-bond acceptors (Lipinski definition) is 3. The molecule has 0 spiro atoms. The minimum Gasteiger partial charge on any atom is -0.478 e. The number of rotatable bonds is 5. The monoisotopic (exact) mass is 299 g/mol. The maximum atomic E-state index is 12.0. The van der Waals surface area contributed by atoms with Gasteiger partial charge in [-0.1, -0.05) is 19.1 Å². The second-order valence-corrected chi connectivity index (χ2v) is 4.78. The van der Waals surface area contributed by atoms with Crippen molar-refractivity contribution in [3.63, 3.8) is 0 Å². The Morgan fingerprint density at radius 3 is 2.68 bits per heavy atom. The van der Waals surface area contributed by atoms with Crippen LogP contribution in [0.4, 0.5) is 5.69 Å². The molecule has 2 aromatic rings. The first-order valence-electron chi connectivity index (χ1n) is 6.92. The number of aryl methyl sites for hydroxylation is 2. The maximum absolute atomic E-state index is 12.0. The molecule has 0 aliphatic heterocycles. The lowest BCUT2D eigenvalue weighted by molar-refractivity contribution is -0.111. The van der Waals surface area contributed by atoms with Gasteiger partial charge in [-0.25, -0.2) is 4.79 Å². The van der Waals surface area contributed by atoms with Crippen LogP contribution in [0, 0.1) is 6.92 Å². The molecule has 5 heteroatoms. The van der Waals surface area contributed by atoms with Gasteiger partial charge in [0.1, 0.15) is 11.5 Å². The van der Waals surface area contributed by atoms with Crippen molar-refractivity contribution in [1.82, 2.24) is 0 Å². The average Bonchev–Trinajstić information content (AvgIpc) is 2.95. The van der Waals surface area contributed by atoms with E-state index < -0.39 is 11.9 Å². The number of carbonyl (C=O) groups is 2. The lowest BCUT2D eigenvalue weighted by Crippen LogP contribution is -2.13. The van der Waals surface area contributed by atoms with Gasteiger partial charge < -0.3 is 14.8 Å². The van der Waals surface area contributed by atoms with Crippen LogP contribution < -0.4 is 5.32 Å². The van der Waals surface area contributed by atoms with E-state index in [1.807, 2.05) is 13.0 Å². The summed E-state index contributed by atoms with van der Waals surface area (Å²) in [5.74, 6) is -0.0739. The molecular formula is C17H17NO4. The fraction of sp³-hybridized carbons (Fsp3) is 0.176. The summed E-state index contributed by atoms with van der Waals surface area (Å²) in [4.78, 5) is 23.1. The Morgan fingerprint density at radius 2 is 2.05 bits per heavy atom. The predicted octanol–water partition coefficient (Wildman–Crippen LogP) is 3.50. The molecule has 0 atom stereocenters. The van der Waals surface area contributed by atoms with Crippen LogP contribution in [0.25, 0.3) is 6.08 Å². The standard InChI is InChI=1S/C17H17NO4/c1-3-12-7-8-13(22-12)9-10-15(19)18-16-11(2)5-4-6-14(16)17(20)21/h4-10H,3H2,1-2H3,(H,18,19)(H,20,21). The van der Waals surface area contributed by atoms with Crippen molar-refractivity contribution in [3.8, 4) is 0 Å². The van der Waals surface area contributed by atoms with Gasteiger partial charge in [-0.2, -0.15) is 0 Å². The van der Waals surface area contributed by atoms with Crippen LogP contribution in [0.5, 0.6) is 0 Å². The summed E-state index contributed by atoms with van der Waals surface area (Å²) in [6.45, 7) is 3.72. The lowest BCUT2D eigenvalue weighted by Gasteiger charge is -2.09. The predicted molar refractivity (Wildman–Crippen MR) is 83.9 cm³/mol. The number of nitrogens with one attached hydrogen (secondary N) is 1. The molecule has 22 heavy (non-hydrogen) atoms. The summed E-state index contributed by atoms with van der Waals surface area (Å²) < 4.78 is 5.46. The summed E-state index contributed by atoms with van der Waals surface area (Å²) in [7, 11) is 0. The molecule has 1 heterocycles. The maximum Gasteiger partial charge on any atom is 0.337 e. The van der Waals surface area contributed by atoms with Gasteiger partial charge in [0.2, 0.25) is 5.91 Å². The molecule has 0 saturated carbocycles. The highest BCUT2D eigenvalue weighted by molar-refractivity contribution is 6.06. The molecule has 0 radical (unpaired) electrons. The SMILES string of the molecule is CCc1ccc(C=CC(=O)Nc2c(C)cccc2C(=O)O)o1. The molecule has 1 amide bonds. The number of para-hydroxylation sites is 1. The van der Waals surface area contributed by atoms with Crippen LogP contribution in [0.15, 0.2) is 40.8 Å². The Hall–Kier alpha value is -2.82. The van der Waals surface area contributed by atoms with E-state index in [0.717, 1.165) is 12.2 Å². The van der Waals surface area contributed by atoms with E-state index >= 15 is 0 Å². The van der Waals surface area contributed by atoms with Crippen molar-refractivity contribution in [3.05, 3.63) is 59.1 Å². The molecule has 5 nitrogen and oxygen atoms in total. The van der Waals surface area contributed by atoms with E-state index in [0.29, 0.717) is 17.0 Å². The van der Waals surface area contributed by atoms with Crippen molar-refractivity contribution in [2.75, 3.05) is 5.32 Å². The Balaban J connectivity index is 2.14. The Kier molecular flexibility index (Phi) is 4.78. The van der Waals surface area contributed by atoms with E-state index in [1.165, 1.54) is 12.1 Å². The normalized spacial score (nSPS) is 10.8. The van der Waals surface area contributed by atoms with Gasteiger partial charge in [0.15, 0.2) is 0 Å². The summed E-state index contributed by atoms with van der Waals surface area (Å²) in [6.07, 6.45) is 3.65. The minimum atomic E-state index is -1.08. The van der Waals surface area contributed by atoms with Crippen molar-refractivity contribution in [1.29, 1.82) is 0 Å². The Labute approximate surface area is 128 Å². The number of benzene rings is 1. The van der Waals surface area contributed by atoms with E-state index in [1.54, 1.807) is 31.2 Å². The van der Waals surface area contributed by atoms with Crippen LogP contribution in [0.2, 0.25) is 0 Å². The molecule has 1 aromatic heterocycles. The molecular weight excluding hydrogens is 282 g/mol. The number of amides is 1. The van der Waals surface area contributed by atoms with Crippen LogP contribution in [-0.4, -0.2) is 17.0 Å². The molecule has 0 aliphatic rings. The third-order valence-corrected chi connectivity index (χ3v) is 3.18. The zero-order valence-electron chi connectivity index (χ0n) is 12.4. The number of aromatic carboxylic acids is 1. The van der Waals surface area contributed by atoms with Crippen LogP contribution in [0.3, 0.4) is 0 Å². The largest absolute Gasteiger partial charge is 0.478 e. The average molecular weight is 299 g/mol. The van der Waals surface area contributed by atoms with Crippen molar-refractivity contribution in [2.24, 2.45) is 0 Å². The zero-order chi connectivity index (χ0) is 16.1. The molecule has 2 N–H and O–H groups in total. The van der Waals surface area contributed by atoms with Gasteiger partial charge in [0, 0.05) is 12.5 Å². The molecule has 0 saturated heterocycles. The second kappa shape index (κ2) is 6.76. The minimum absolute atomic E-state index is 0.0630. The summed E-state index contributed by atoms with van der Waals surface area (Å²) >= 11 is 0. The number of hydrogen-bond donors (Lipinski definition) is 2. The van der Waals surface area contributed by atoms with Crippen LogP contribution >= 0.6 is 0 Å². The zero-order valence-corrected chi connectivity index (χ0v) is 12.4. The quantitative estimate of drug-likeness (QED) is 0.828. The first kappa shape index (κ1) is 15.6. The summed E-state index contributed by atoms with van der Waals surface area (Å²) in [5, 5.41) is 11.8. The highest BCUT2D eigenvalue weighted by Crippen LogP contribution is 2.20. The third-order valence-electron chi connectivity index (χ3n) is 3.18. The molecule has 114 valence electrons. The molecule has 0 bridgehead atoms. The fourth-order valence-corrected chi connectivity index (χ4v) is 2.01. The van der Waals surface area contributed by atoms with Gasteiger partial charge in [-0.05, 0) is 36.8 Å². The van der Waals surface area contributed by atoms with Gasteiger partial charge >= 0.3 is 5.97 Å². The second-order valence-electron chi connectivity index (χ2n) is 4.78. The molecule has 0 fully saturated rings. The fourth-order valence-electron chi connectivity index (χ4n) is 2.01. The Morgan fingerprint density at radius 1 is 1.27 bits per heavy atom. The summed E-state index contributed by atoms with van der Waals surface area (Å²) in [6, 6.07) is 8.46. The number of carboxylic acids is 1. The third kappa shape index (κ3) is 3.63. The van der Waals surface area contributed by atoms with E-state index in [9.17, 15) is 9.59 Å². The molecule has 2 rings (SSSR count). The number of anilines is 1. The highest BCUT2D eigenvalue weighted by atomic mass is 16.4. The molecule has 1 aromatic carbocycles. The first-order chi connectivity index (χ1) is 10.5. The highest BCUT2D eigenvalue weighted by Gasteiger charge is 2.13. The van der Waals surface area contributed by atoms with Crippen molar-refractivity contribution >= 4 is 23.6 Å². The number of furan rings is 1. The van der Waals surface area contributed by atoms with Crippen molar-refractivity contribution in [2.45, 2.75) is 20.3 Å².